The molecule has 0 saturated carbocycles. The summed E-state index contributed by atoms with van der Waals surface area (Å²) in [5.41, 5.74) is 1.20. The maximum absolute atomic E-state index is 5.53. The molecule has 0 N–H and O–H groups in total. The minimum atomic E-state index is 0.755. The van der Waals surface area contributed by atoms with Gasteiger partial charge in [-0.15, -0.1) is 11.3 Å². The number of fused-ring (bicyclic) bond motifs is 1. The van der Waals surface area contributed by atoms with Crippen LogP contribution < -0.4 is 4.74 Å². The molecule has 0 saturated heterocycles. The van der Waals surface area contributed by atoms with E-state index in [1.165, 1.54) is 10.4 Å². The predicted molar refractivity (Wildman–Crippen MR) is 53.6 cm³/mol. The molecule has 3 nitrogen and oxygen atoms in total. The Morgan fingerprint density at radius 2 is 2.46 bits per heavy atom. The summed E-state index contributed by atoms with van der Waals surface area (Å²) >= 11 is 1.67. The van der Waals surface area contributed by atoms with E-state index in [2.05, 4.69) is 18.9 Å². The molecule has 0 atom stereocenters. The van der Waals surface area contributed by atoms with E-state index < -0.39 is 0 Å². The van der Waals surface area contributed by atoms with Gasteiger partial charge in [0.1, 0.15) is 4.83 Å². The lowest BCUT2D eigenvalue weighted by atomic mass is 10.4. The van der Waals surface area contributed by atoms with Gasteiger partial charge in [-0.25, -0.2) is 0 Å². The van der Waals surface area contributed by atoms with Crippen LogP contribution in [0.25, 0.3) is 4.83 Å². The van der Waals surface area contributed by atoms with Crippen LogP contribution in [0.5, 0.6) is 5.88 Å². The van der Waals surface area contributed by atoms with Gasteiger partial charge in [0.15, 0.2) is 0 Å². The van der Waals surface area contributed by atoms with Crippen LogP contribution in [0, 0.1) is 6.92 Å². The second-order valence-corrected chi connectivity index (χ2v) is 3.83. The third kappa shape index (κ3) is 1.42. The van der Waals surface area contributed by atoms with Crippen molar-refractivity contribution in [2.75, 3.05) is 6.61 Å². The normalized spacial score (nSPS) is 10.9. The lowest BCUT2D eigenvalue weighted by Crippen LogP contribution is -1.98. The first-order chi connectivity index (χ1) is 6.33. The van der Waals surface area contributed by atoms with Gasteiger partial charge in [-0.05, 0) is 13.3 Å². The van der Waals surface area contributed by atoms with Crippen LogP contribution in [0.4, 0.5) is 0 Å². The molecule has 13 heavy (non-hydrogen) atoms. The van der Waals surface area contributed by atoms with Gasteiger partial charge < -0.3 is 4.74 Å². The summed E-state index contributed by atoms with van der Waals surface area (Å²) in [6, 6.07) is 0. The Balaban J connectivity index is 2.35. The highest BCUT2D eigenvalue weighted by Gasteiger charge is 2.07. The van der Waals surface area contributed by atoms with E-state index in [1.807, 2.05) is 16.1 Å². The Hall–Kier alpha value is -1.03. The molecular formula is C9H12N2OS. The third-order valence-corrected chi connectivity index (χ3v) is 2.87. The molecule has 0 amide bonds. The van der Waals surface area contributed by atoms with E-state index in [-0.39, 0.29) is 0 Å². The van der Waals surface area contributed by atoms with E-state index in [4.69, 9.17) is 4.74 Å². The van der Waals surface area contributed by atoms with Crippen LogP contribution in [-0.2, 0) is 0 Å². The average molecular weight is 196 g/mol. The molecule has 0 radical (unpaired) electrons. The Morgan fingerprint density at radius 3 is 3.23 bits per heavy atom. The van der Waals surface area contributed by atoms with Crippen LogP contribution in [0.15, 0.2) is 11.6 Å². The number of rotatable bonds is 3. The van der Waals surface area contributed by atoms with Gasteiger partial charge in [0.05, 0.1) is 18.2 Å². The van der Waals surface area contributed by atoms with Crippen molar-refractivity contribution >= 4 is 16.2 Å². The zero-order chi connectivity index (χ0) is 9.26. The molecule has 4 heteroatoms. The van der Waals surface area contributed by atoms with Crippen molar-refractivity contribution in [3.05, 3.63) is 17.1 Å². The first-order valence-electron chi connectivity index (χ1n) is 4.37. The summed E-state index contributed by atoms with van der Waals surface area (Å²) in [6.07, 6.45) is 2.89. The highest BCUT2D eigenvalue weighted by Crippen LogP contribution is 2.24. The van der Waals surface area contributed by atoms with Crippen molar-refractivity contribution in [3.63, 3.8) is 0 Å². The number of hydrogen-bond donors (Lipinski definition) is 0. The van der Waals surface area contributed by atoms with Crippen LogP contribution in [0.3, 0.4) is 0 Å². The third-order valence-electron chi connectivity index (χ3n) is 1.83. The number of aryl methyl sites for hydroxylation is 1. The van der Waals surface area contributed by atoms with Crippen LogP contribution in [0.2, 0.25) is 0 Å². The monoisotopic (exact) mass is 196 g/mol. The summed E-state index contributed by atoms with van der Waals surface area (Å²) in [5, 5.41) is 6.24. The van der Waals surface area contributed by atoms with Gasteiger partial charge in [0.25, 0.3) is 0 Å². The fourth-order valence-corrected chi connectivity index (χ4v) is 2.03. The largest absolute Gasteiger partial charge is 0.477 e. The Morgan fingerprint density at radius 1 is 1.62 bits per heavy atom. The van der Waals surface area contributed by atoms with Crippen LogP contribution in [0.1, 0.15) is 18.9 Å². The first-order valence-corrected chi connectivity index (χ1v) is 5.25. The van der Waals surface area contributed by atoms with Gasteiger partial charge in [-0.2, -0.15) is 9.61 Å². The topological polar surface area (TPSA) is 26.5 Å². The predicted octanol–water partition coefficient (Wildman–Crippen LogP) is 2.49. The molecule has 0 unspecified atom stereocenters. The summed E-state index contributed by atoms with van der Waals surface area (Å²) in [7, 11) is 0. The number of hydrogen-bond acceptors (Lipinski definition) is 3. The molecule has 0 aromatic carbocycles. The van der Waals surface area contributed by atoms with Crippen molar-refractivity contribution in [3.8, 4) is 5.88 Å². The molecule has 2 heterocycles. The molecule has 0 aliphatic heterocycles. The molecular weight excluding hydrogens is 184 g/mol. The fraction of sp³-hybridized carbons (Fsp3) is 0.444. The van der Waals surface area contributed by atoms with Crippen molar-refractivity contribution in [2.24, 2.45) is 0 Å². The fourth-order valence-electron chi connectivity index (χ4n) is 1.18. The number of nitrogens with zero attached hydrogens (tertiary/aromatic N) is 2. The molecule has 0 aliphatic carbocycles. The lowest BCUT2D eigenvalue weighted by Gasteiger charge is -1.99. The van der Waals surface area contributed by atoms with E-state index >= 15 is 0 Å². The summed E-state index contributed by atoms with van der Waals surface area (Å²) in [4.78, 5) is 1.17. The number of aromatic nitrogens is 2. The second-order valence-electron chi connectivity index (χ2n) is 2.97. The molecule has 0 bridgehead atoms. The van der Waals surface area contributed by atoms with Crippen molar-refractivity contribution in [1.29, 1.82) is 0 Å². The highest BCUT2D eigenvalue weighted by atomic mass is 32.1. The molecule has 70 valence electrons. The summed E-state index contributed by atoms with van der Waals surface area (Å²) in [6.45, 7) is 4.91. The SMILES string of the molecule is CCCOc1csc2c(C)cnn12. The van der Waals surface area contributed by atoms with E-state index in [0.717, 1.165) is 18.9 Å². The zero-order valence-electron chi connectivity index (χ0n) is 7.78. The summed E-state index contributed by atoms with van der Waals surface area (Å²) in [5.74, 6) is 0.856. The molecule has 0 fully saturated rings. The molecule has 2 aromatic rings. The number of thiazole rings is 1. The molecule has 2 aromatic heterocycles. The summed E-state index contributed by atoms with van der Waals surface area (Å²) < 4.78 is 7.39. The maximum atomic E-state index is 5.53. The zero-order valence-corrected chi connectivity index (χ0v) is 8.60. The van der Waals surface area contributed by atoms with Crippen molar-refractivity contribution in [2.45, 2.75) is 20.3 Å². The van der Waals surface area contributed by atoms with E-state index in [1.54, 1.807) is 11.3 Å². The van der Waals surface area contributed by atoms with Gasteiger partial charge >= 0.3 is 0 Å². The number of ether oxygens (including phenoxy) is 1. The Labute approximate surface area is 81.0 Å². The average Bonchev–Trinajstić information content (AvgIpc) is 2.67. The molecule has 0 spiro atoms. The molecule has 0 aliphatic rings. The van der Waals surface area contributed by atoms with Gasteiger partial charge in [0, 0.05) is 5.56 Å². The second kappa shape index (κ2) is 3.38. The van der Waals surface area contributed by atoms with E-state index in [0.29, 0.717) is 0 Å². The van der Waals surface area contributed by atoms with Crippen LogP contribution in [-0.4, -0.2) is 16.2 Å². The minimum Gasteiger partial charge on any atom is -0.477 e. The quantitative estimate of drug-likeness (QED) is 0.754. The highest BCUT2D eigenvalue weighted by molar-refractivity contribution is 7.16. The smallest absolute Gasteiger partial charge is 0.226 e. The molecule has 2 rings (SSSR count). The first kappa shape index (κ1) is 8.56. The van der Waals surface area contributed by atoms with E-state index in [9.17, 15) is 0 Å². The van der Waals surface area contributed by atoms with Gasteiger partial charge in [0.2, 0.25) is 5.88 Å². The standard InChI is InChI=1S/C9H12N2OS/c1-3-4-12-8-6-13-9-7(2)5-10-11(8)9/h5-6H,3-4H2,1-2H3. The van der Waals surface area contributed by atoms with Crippen molar-refractivity contribution in [1.82, 2.24) is 9.61 Å². The van der Waals surface area contributed by atoms with Crippen molar-refractivity contribution < 1.29 is 4.74 Å². The minimum absolute atomic E-state index is 0.755. The van der Waals surface area contributed by atoms with Gasteiger partial charge in [-0.3, -0.25) is 0 Å². The Bertz CT molecular complexity index is 405. The Kier molecular flexibility index (Phi) is 2.22. The van der Waals surface area contributed by atoms with Gasteiger partial charge in [-0.1, -0.05) is 6.92 Å². The maximum Gasteiger partial charge on any atom is 0.226 e. The van der Waals surface area contributed by atoms with Crippen LogP contribution >= 0.6 is 11.3 Å². The lowest BCUT2D eigenvalue weighted by molar-refractivity contribution is 0.299.